The molecule has 1 aromatic carbocycles. The zero-order valence-corrected chi connectivity index (χ0v) is 13.9. The number of nitrogens with one attached hydrogen (secondary N) is 1. The van der Waals surface area contributed by atoms with Crippen LogP contribution in [0, 0.1) is 0 Å². The number of anilines is 1. The fourth-order valence-electron chi connectivity index (χ4n) is 3.08. The number of hydrogen-bond donors (Lipinski definition) is 2. The molecule has 1 amide bonds. The third-order valence-electron chi connectivity index (χ3n) is 4.32. The molecule has 128 valence electrons. The molecule has 1 aliphatic rings. The van der Waals surface area contributed by atoms with Crippen molar-refractivity contribution < 1.29 is 9.53 Å². The summed E-state index contributed by atoms with van der Waals surface area (Å²) in [7, 11) is 0. The van der Waals surface area contributed by atoms with Crippen LogP contribution < -0.4 is 15.8 Å². The van der Waals surface area contributed by atoms with Crippen molar-refractivity contribution >= 4 is 22.6 Å². The Labute approximate surface area is 144 Å². The van der Waals surface area contributed by atoms with Gasteiger partial charge in [0.1, 0.15) is 23.1 Å². The number of imidazole rings is 1. The van der Waals surface area contributed by atoms with Crippen LogP contribution in [0.1, 0.15) is 13.3 Å². The zero-order chi connectivity index (χ0) is 17.4. The molecule has 3 heterocycles. The minimum absolute atomic E-state index is 0.409. The molecule has 0 spiro atoms. The van der Waals surface area contributed by atoms with Crippen molar-refractivity contribution in [1.82, 2.24) is 14.5 Å². The van der Waals surface area contributed by atoms with Crippen LogP contribution in [0.5, 0.6) is 5.75 Å². The Morgan fingerprint density at radius 2 is 2.32 bits per heavy atom. The van der Waals surface area contributed by atoms with Crippen molar-refractivity contribution in [3.8, 4) is 17.1 Å². The van der Waals surface area contributed by atoms with E-state index in [1.807, 2.05) is 30.5 Å². The summed E-state index contributed by atoms with van der Waals surface area (Å²) >= 11 is 0. The SMILES string of the molecule is C[C@H](Nc1cc2c3c(c1)nc(-c1cccnc1)n3CCCO2)C(N)=O. The van der Waals surface area contributed by atoms with Crippen LogP contribution in [-0.2, 0) is 11.3 Å². The number of aromatic nitrogens is 3. The number of nitrogens with two attached hydrogens (primary N) is 1. The van der Waals surface area contributed by atoms with Crippen molar-refractivity contribution in [2.75, 3.05) is 11.9 Å². The van der Waals surface area contributed by atoms with Crippen molar-refractivity contribution in [2.24, 2.45) is 5.73 Å². The van der Waals surface area contributed by atoms with E-state index < -0.39 is 11.9 Å². The quantitative estimate of drug-likeness (QED) is 0.761. The van der Waals surface area contributed by atoms with Gasteiger partial charge in [-0.2, -0.15) is 0 Å². The third-order valence-corrected chi connectivity index (χ3v) is 4.32. The monoisotopic (exact) mass is 337 g/mol. The minimum Gasteiger partial charge on any atom is -0.491 e. The van der Waals surface area contributed by atoms with E-state index in [1.54, 1.807) is 13.1 Å². The lowest BCUT2D eigenvalue weighted by atomic mass is 10.2. The Hall–Kier alpha value is -3.09. The van der Waals surface area contributed by atoms with E-state index in [0.717, 1.165) is 46.8 Å². The average molecular weight is 337 g/mol. The summed E-state index contributed by atoms with van der Waals surface area (Å²) in [5.41, 5.74) is 8.86. The number of ether oxygens (including phenoxy) is 1. The van der Waals surface area contributed by atoms with Crippen LogP contribution in [-0.4, -0.2) is 33.1 Å². The Morgan fingerprint density at radius 1 is 1.44 bits per heavy atom. The molecule has 0 saturated heterocycles. The number of carbonyl (C=O) groups excluding carboxylic acids is 1. The molecule has 2 aromatic heterocycles. The molecule has 0 unspecified atom stereocenters. The molecule has 0 fully saturated rings. The Morgan fingerprint density at radius 3 is 3.08 bits per heavy atom. The number of amides is 1. The predicted octanol–water partition coefficient (Wildman–Crippen LogP) is 2.17. The summed E-state index contributed by atoms with van der Waals surface area (Å²) in [5, 5.41) is 3.11. The number of aryl methyl sites for hydroxylation is 1. The van der Waals surface area contributed by atoms with Gasteiger partial charge in [0, 0.05) is 36.3 Å². The maximum absolute atomic E-state index is 11.3. The van der Waals surface area contributed by atoms with E-state index in [4.69, 9.17) is 15.5 Å². The van der Waals surface area contributed by atoms with Gasteiger partial charge in [-0.05, 0) is 31.5 Å². The molecular weight excluding hydrogens is 318 g/mol. The highest BCUT2D eigenvalue weighted by molar-refractivity contribution is 5.90. The van der Waals surface area contributed by atoms with E-state index in [2.05, 4.69) is 14.9 Å². The highest BCUT2D eigenvalue weighted by atomic mass is 16.5. The van der Waals surface area contributed by atoms with Gasteiger partial charge in [0.2, 0.25) is 5.91 Å². The van der Waals surface area contributed by atoms with E-state index in [0.29, 0.717) is 6.61 Å². The Kier molecular flexibility index (Phi) is 3.76. The van der Waals surface area contributed by atoms with Crippen LogP contribution in [0.3, 0.4) is 0 Å². The predicted molar refractivity (Wildman–Crippen MR) is 95.4 cm³/mol. The lowest BCUT2D eigenvalue weighted by molar-refractivity contribution is -0.118. The molecule has 3 aromatic rings. The standard InChI is InChI=1S/C18H19N5O2/c1-11(17(19)24)21-13-8-14-16-15(9-13)25-7-3-6-23(16)18(22-14)12-4-2-5-20-10-12/h2,4-5,8-11,21H,3,6-7H2,1H3,(H2,19,24)/t11-/m0/s1. The maximum Gasteiger partial charge on any atom is 0.239 e. The molecule has 1 aliphatic heterocycles. The van der Waals surface area contributed by atoms with Gasteiger partial charge in [0.05, 0.1) is 12.1 Å². The number of carbonyl (C=O) groups is 1. The third kappa shape index (κ3) is 2.77. The van der Waals surface area contributed by atoms with Crippen molar-refractivity contribution in [3.05, 3.63) is 36.7 Å². The first-order valence-corrected chi connectivity index (χ1v) is 8.27. The normalized spacial score (nSPS) is 14.6. The van der Waals surface area contributed by atoms with Crippen molar-refractivity contribution in [3.63, 3.8) is 0 Å². The van der Waals surface area contributed by atoms with Gasteiger partial charge in [-0.15, -0.1) is 0 Å². The molecule has 4 rings (SSSR count). The highest BCUT2D eigenvalue weighted by Gasteiger charge is 2.21. The molecule has 7 nitrogen and oxygen atoms in total. The Balaban J connectivity index is 1.87. The van der Waals surface area contributed by atoms with Crippen LogP contribution >= 0.6 is 0 Å². The summed E-state index contributed by atoms with van der Waals surface area (Å²) in [4.78, 5) is 20.3. The van der Waals surface area contributed by atoms with Gasteiger partial charge < -0.3 is 20.4 Å². The average Bonchev–Trinajstić information content (AvgIpc) is 2.83. The van der Waals surface area contributed by atoms with Crippen LogP contribution in [0.2, 0.25) is 0 Å². The number of rotatable bonds is 4. The lowest BCUT2D eigenvalue weighted by Gasteiger charge is -2.13. The van der Waals surface area contributed by atoms with Gasteiger partial charge in [-0.1, -0.05) is 0 Å². The molecule has 25 heavy (non-hydrogen) atoms. The van der Waals surface area contributed by atoms with Gasteiger partial charge in [0.25, 0.3) is 0 Å². The molecular formula is C18H19N5O2. The number of benzene rings is 1. The largest absolute Gasteiger partial charge is 0.491 e. The highest BCUT2D eigenvalue weighted by Crippen LogP contribution is 2.35. The summed E-state index contributed by atoms with van der Waals surface area (Å²) < 4.78 is 8.10. The minimum atomic E-state index is -0.477. The number of nitrogens with zero attached hydrogens (tertiary/aromatic N) is 3. The first-order chi connectivity index (χ1) is 12.1. The Bertz CT molecular complexity index is 936. The second-order valence-electron chi connectivity index (χ2n) is 6.14. The fourth-order valence-corrected chi connectivity index (χ4v) is 3.08. The lowest BCUT2D eigenvalue weighted by Crippen LogP contribution is -2.32. The van der Waals surface area contributed by atoms with Crippen LogP contribution in [0.15, 0.2) is 36.7 Å². The number of primary amides is 1. The maximum atomic E-state index is 11.3. The van der Waals surface area contributed by atoms with Crippen molar-refractivity contribution in [2.45, 2.75) is 25.9 Å². The fraction of sp³-hybridized carbons (Fsp3) is 0.278. The summed E-state index contributed by atoms with van der Waals surface area (Å²) in [6.07, 6.45) is 4.45. The first kappa shape index (κ1) is 15.4. The van der Waals surface area contributed by atoms with E-state index in [9.17, 15) is 4.79 Å². The topological polar surface area (TPSA) is 95.1 Å². The number of pyridine rings is 1. The van der Waals surface area contributed by atoms with E-state index >= 15 is 0 Å². The molecule has 1 atom stereocenters. The number of hydrogen-bond acceptors (Lipinski definition) is 5. The second-order valence-corrected chi connectivity index (χ2v) is 6.14. The summed E-state index contributed by atoms with van der Waals surface area (Å²) in [6, 6.07) is 7.24. The molecule has 3 N–H and O–H groups in total. The molecule has 0 saturated carbocycles. The molecule has 0 bridgehead atoms. The van der Waals surface area contributed by atoms with Gasteiger partial charge >= 0.3 is 0 Å². The van der Waals surface area contributed by atoms with Gasteiger partial charge in [-0.3, -0.25) is 9.78 Å². The summed E-state index contributed by atoms with van der Waals surface area (Å²) in [6.45, 7) is 3.20. The van der Waals surface area contributed by atoms with E-state index in [1.165, 1.54) is 0 Å². The first-order valence-electron chi connectivity index (χ1n) is 8.27. The summed E-state index contributed by atoms with van der Waals surface area (Å²) in [5.74, 6) is 1.22. The smallest absolute Gasteiger partial charge is 0.239 e. The second kappa shape index (κ2) is 6.08. The molecule has 0 radical (unpaired) electrons. The molecule has 7 heteroatoms. The van der Waals surface area contributed by atoms with Gasteiger partial charge in [-0.25, -0.2) is 4.98 Å². The molecule has 0 aliphatic carbocycles. The van der Waals surface area contributed by atoms with E-state index in [-0.39, 0.29) is 0 Å². The van der Waals surface area contributed by atoms with Crippen LogP contribution in [0.4, 0.5) is 5.69 Å². The van der Waals surface area contributed by atoms with Crippen LogP contribution in [0.25, 0.3) is 22.4 Å². The zero-order valence-electron chi connectivity index (χ0n) is 13.9. The van der Waals surface area contributed by atoms with Crippen molar-refractivity contribution in [1.29, 1.82) is 0 Å². The van der Waals surface area contributed by atoms with Gasteiger partial charge in [0.15, 0.2) is 0 Å².